The zero-order valence-electron chi connectivity index (χ0n) is 18.4. The lowest BCUT2D eigenvalue weighted by Crippen LogP contribution is -2.38. The highest BCUT2D eigenvalue weighted by Gasteiger charge is 2.13. The van der Waals surface area contributed by atoms with Gasteiger partial charge >= 0.3 is 0 Å². The van der Waals surface area contributed by atoms with Gasteiger partial charge in [0.05, 0.1) is 12.2 Å². The van der Waals surface area contributed by atoms with Crippen LogP contribution < -0.4 is 10.6 Å². The molecule has 0 aliphatic rings. The van der Waals surface area contributed by atoms with Crippen LogP contribution >= 0.6 is 0 Å². The molecule has 0 aliphatic heterocycles. The molecule has 0 amide bonds. The van der Waals surface area contributed by atoms with Crippen molar-refractivity contribution in [3.05, 3.63) is 52.5 Å². The second-order valence-electron chi connectivity index (χ2n) is 7.39. The van der Waals surface area contributed by atoms with Gasteiger partial charge < -0.3 is 15.6 Å². The minimum Gasteiger partial charge on any atom is -0.361 e. The number of aromatic nitrogens is 3. The molecule has 29 heavy (non-hydrogen) atoms. The summed E-state index contributed by atoms with van der Waals surface area (Å²) in [7, 11) is 2.03. The molecule has 2 aromatic heterocycles. The molecular formula is C23H34N6. The van der Waals surface area contributed by atoms with Crippen molar-refractivity contribution in [2.75, 3.05) is 13.1 Å². The van der Waals surface area contributed by atoms with Crippen LogP contribution in [0.2, 0.25) is 0 Å². The van der Waals surface area contributed by atoms with Crippen LogP contribution in [-0.4, -0.2) is 33.8 Å². The van der Waals surface area contributed by atoms with Crippen molar-refractivity contribution >= 4 is 16.9 Å². The van der Waals surface area contributed by atoms with Gasteiger partial charge in [0.1, 0.15) is 0 Å². The lowest BCUT2D eigenvalue weighted by Gasteiger charge is -2.12. The van der Waals surface area contributed by atoms with Gasteiger partial charge in [-0.25, -0.2) is 4.99 Å². The first-order valence-corrected chi connectivity index (χ1v) is 10.7. The quantitative estimate of drug-likeness (QED) is 0.404. The van der Waals surface area contributed by atoms with E-state index in [-0.39, 0.29) is 0 Å². The van der Waals surface area contributed by atoms with Gasteiger partial charge in [0.25, 0.3) is 0 Å². The second kappa shape index (κ2) is 9.63. The van der Waals surface area contributed by atoms with E-state index in [1.807, 2.05) is 11.7 Å². The molecule has 2 heterocycles. The predicted octanol–water partition coefficient (Wildman–Crippen LogP) is 3.63. The Labute approximate surface area is 173 Å². The van der Waals surface area contributed by atoms with Crippen LogP contribution in [0.5, 0.6) is 0 Å². The monoisotopic (exact) mass is 394 g/mol. The third-order valence-corrected chi connectivity index (χ3v) is 5.45. The van der Waals surface area contributed by atoms with E-state index in [0.717, 1.165) is 44.0 Å². The van der Waals surface area contributed by atoms with Gasteiger partial charge in [-0.1, -0.05) is 26.0 Å². The number of aryl methyl sites for hydroxylation is 3. The first-order chi connectivity index (χ1) is 14.1. The molecule has 0 atom stereocenters. The molecule has 3 rings (SSSR count). The van der Waals surface area contributed by atoms with Crippen LogP contribution in [0.3, 0.4) is 0 Å². The van der Waals surface area contributed by atoms with E-state index in [0.29, 0.717) is 6.54 Å². The summed E-state index contributed by atoms with van der Waals surface area (Å²) < 4.78 is 2.00. The average Bonchev–Trinajstić information content (AvgIpc) is 3.27. The molecule has 0 unspecified atom stereocenters. The van der Waals surface area contributed by atoms with Gasteiger partial charge in [-0.15, -0.1) is 0 Å². The molecule has 3 aromatic rings. The summed E-state index contributed by atoms with van der Waals surface area (Å²) in [6.45, 7) is 10.9. The minimum absolute atomic E-state index is 0.654. The van der Waals surface area contributed by atoms with Crippen LogP contribution in [-0.2, 0) is 32.9 Å². The Kier molecular flexibility index (Phi) is 6.96. The first-order valence-electron chi connectivity index (χ1n) is 10.7. The second-order valence-corrected chi connectivity index (χ2v) is 7.39. The Morgan fingerprint density at radius 2 is 2.00 bits per heavy atom. The van der Waals surface area contributed by atoms with Gasteiger partial charge in [-0.2, -0.15) is 5.10 Å². The molecule has 156 valence electrons. The number of nitrogens with zero attached hydrogens (tertiary/aromatic N) is 3. The van der Waals surface area contributed by atoms with Crippen LogP contribution in [0.4, 0.5) is 0 Å². The third-order valence-electron chi connectivity index (χ3n) is 5.45. The summed E-state index contributed by atoms with van der Waals surface area (Å²) in [5.41, 5.74) is 7.55. The molecule has 1 aromatic carbocycles. The molecule has 6 heteroatoms. The fourth-order valence-electron chi connectivity index (χ4n) is 4.04. The van der Waals surface area contributed by atoms with Crippen molar-refractivity contribution in [1.82, 2.24) is 25.4 Å². The number of hydrogen-bond donors (Lipinski definition) is 3. The smallest absolute Gasteiger partial charge is 0.191 e. The summed E-state index contributed by atoms with van der Waals surface area (Å²) in [4.78, 5) is 8.23. The maximum absolute atomic E-state index is 4.85. The minimum atomic E-state index is 0.654. The molecular weight excluding hydrogens is 360 g/mol. The van der Waals surface area contributed by atoms with E-state index in [9.17, 15) is 0 Å². The van der Waals surface area contributed by atoms with Crippen molar-refractivity contribution in [1.29, 1.82) is 0 Å². The number of rotatable bonds is 8. The molecule has 0 aliphatic carbocycles. The average molecular weight is 395 g/mol. The summed E-state index contributed by atoms with van der Waals surface area (Å²) in [5, 5.41) is 12.9. The SMILES string of the molecule is CCNC(=NCc1c(CC)nn(C)c1CC)NCCc1c[nH]c2cccc(C)c12. The number of guanidine groups is 1. The number of aliphatic imine (C=N–C) groups is 1. The largest absolute Gasteiger partial charge is 0.361 e. The zero-order valence-corrected chi connectivity index (χ0v) is 18.4. The van der Waals surface area contributed by atoms with Crippen molar-refractivity contribution in [3.8, 4) is 0 Å². The molecule has 0 spiro atoms. The number of nitrogens with one attached hydrogen (secondary N) is 3. The molecule has 3 N–H and O–H groups in total. The highest BCUT2D eigenvalue weighted by molar-refractivity contribution is 5.86. The van der Waals surface area contributed by atoms with Crippen LogP contribution in [0, 0.1) is 6.92 Å². The third kappa shape index (κ3) is 4.63. The maximum atomic E-state index is 4.85. The predicted molar refractivity (Wildman–Crippen MR) is 122 cm³/mol. The molecule has 0 fully saturated rings. The van der Waals surface area contributed by atoms with Crippen molar-refractivity contribution < 1.29 is 0 Å². The van der Waals surface area contributed by atoms with E-state index >= 15 is 0 Å². The van der Waals surface area contributed by atoms with E-state index < -0.39 is 0 Å². The summed E-state index contributed by atoms with van der Waals surface area (Å²) in [6.07, 6.45) is 4.98. The van der Waals surface area contributed by atoms with Gasteiger partial charge in [-0.3, -0.25) is 4.68 Å². The number of hydrogen-bond acceptors (Lipinski definition) is 2. The summed E-state index contributed by atoms with van der Waals surface area (Å²) in [6, 6.07) is 6.40. The van der Waals surface area contributed by atoms with Crippen molar-refractivity contribution in [2.45, 2.75) is 53.5 Å². The van der Waals surface area contributed by atoms with Gasteiger partial charge in [0, 0.05) is 48.5 Å². The van der Waals surface area contributed by atoms with Crippen LogP contribution in [0.25, 0.3) is 10.9 Å². The topological polar surface area (TPSA) is 70.0 Å². The van der Waals surface area contributed by atoms with E-state index in [4.69, 9.17) is 4.99 Å². The Morgan fingerprint density at radius 1 is 1.17 bits per heavy atom. The summed E-state index contributed by atoms with van der Waals surface area (Å²) in [5.74, 6) is 0.858. The zero-order chi connectivity index (χ0) is 20.8. The van der Waals surface area contributed by atoms with Crippen molar-refractivity contribution in [2.24, 2.45) is 12.0 Å². The maximum Gasteiger partial charge on any atom is 0.191 e. The number of benzene rings is 1. The number of fused-ring (bicyclic) bond motifs is 1. The Balaban J connectivity index is 1.69. The van der Waals surface area contributed by atoms with E-state index in [2.05, 4.69) is 72.8 Å². The Bertz CT molecular complexity index is 979. The van der Waals surface area contributed by atoms with E-state index in [1.165, 1.54) is 33.3 Å². The van der Waals surface area contributed by atoms with Gasteiger partial charge in [0.2, 0.25) is 0 Å². The van der Waals surface area contributed by atoms with Crippen LogP contribution in [0.15, 0.2) is 29.4 Å². The lowest BCUT2D eigenvalue weighted by molar-refractivity contribution is 0.703. The fourth-order valence-corrected chi connectivity index (χ4v) is 4.04. The standard InChI is InChI=1S/C23H34N6/c1-6-19-18(21(7-2)29(5)28-19)15-27-23(24-8-3)25-13-12-17-14-26-20-11-9-10-16(4)22(17)20/h9-11,14,26H,6-8,12-13,15H2,1-5H3,(H2,24,25,27). The molecule has 0 saturated carbocycles. The lowest BCUT2D eigenvalue weighted by atomic mass is 10.1. The summed E-state index contributed by atoms with van der Waals surface area (Å²) >= 11 is 0. The van der Waals surface area contributed by atoms with Crippen molar-refractivity contribution in [3.63, 3.8) is 0 Å². The normalized spacial score (nSPS) is 12.0. The Morgan fingerprint density at radius 3 is 2.72 bits per heavy atom. The Hall–Kier alpha value is -2.76. The fraction of sp³-hybridized carbons (Fsp3) is 0.478. The highest BCUT2D eigenvalue weighted by Crippen LogP contribution is 2.22. The number of H-pyrrole nitrogens is 1. The molecule has 0 bridgehead atoms. The molecule has 0 saturated heterocycles. The highest BCUT2D eigenvalue weighted by atomic mass is 15.3. The van der Waals surface area contributed by atoms with Crippen LogP contribution in [0.1, 0.15) is 48.8 Å². The van der Waals surface area contributed by atoms with Gasteiger partial charge in [-0.05, 0) is 50.3 Å². The molecule has 6 nitrogen and oxygen atoms in total. The van der Waals surface area contributed by atoms with Gasteiger partial charge in [0.15, 0.2) is 5.96 Å². The number of aromatic amines is 1. The van der Waals surface area contributed by atoms with E-state index in [1.54, 1.807) is 0 Å². The molecule has 0 radical (unpaired) electrons. The first kappa shape index (κ1) is 21.0.